The lowest BCUT2D eigenvalue weighted by atomic mass is 9.91. The molecule has 0 bridgehead atoms. The van der Waals surface area contributed by atoms with Crippen LogP contribution in [0.15, 0.2) is 72.6 Å². The van der Waals surface area contributed by atoms with Crippen molar-refractivity contribution in [2.45, 2.75) is 53.4 Å². The van der Waals surface area contributed by atoms with Gasteiger partial charge in [0.05, 0.1) is 7.11 Å². The highest BCUT2D eigenvalue weighted by Crippen LogP contribution is 2.24. The van der Waals surface area contributed by atoms with Gasteiger partial charge < -0.3 is 4.74 Å². The molecule has 0 saturated carbocycles. The lowest BCUT2D eigenvalue weighted by Gasteiger charge is -2.15. The van der Waals surface area contributed by atoms with Crippen LogP contribution in [0.25, 0.3) is 0 Å². The summed E-state index contributed by atoms with van der Waals surface area (Å²) in [5, 5.41) is 0. The monoisotopic (exact) mass is 328 g/mol. The molecule has 134 valence electrons. The van der Waals surface area contributed by atoms with E-state index in [2.05, 4.69) is 60.1 Å². The van der Waals surface area contributed by atoms with E-state index in [-0.39, 0.29) is 0 Å². The Kier molecular flexibility index (Phi) is 10.9. The Morgan fingerprint density at radius 2 is 1.62 bits per heavy atom. The highest BCUT2D eigenvalue weighted by Gasteiger charge is 2.08. The normalized spacial score (nSPS) is 14.3. The third-order valence-corrected chi connectivity index (χ3v) is 4.67. The van der Waals surface area contributed by atoms with E-state index in [1.165, 1.54) is 19.3 Å². The fourth-order valence-corrected chi connectivity index (χ4v) is 2.26. The van der Waals surface area contributed by atoms with Gasteiger partial charge in [0.1, 0.15) is 5.76 Å². The predicted molar refractivity (Wildman–Crippen MR) is 109 cm³/mol. The summed E-state index contributed by atoms with van der Waals surface area (Å²) in [6, 6.07) is 0. The largest absolute Gasteiger partial charge is 0.497 e. The number of hydrogen-bond acceptors (Lipinski definition) is 1. The van der Waals surface area contributed by atoms with Crippen molar-refractivity contribution in [3.05, 3.63) is 72.6 Å². The molecule has 0 rings (SSSR count). The highest BCUT2D eigenvalue weighted by atomic mass is 16.5. The summed E-state index contributed by atoms with van der Waals surface area (Å²) in [4.78, 5) is 0. The molecule has 1 nitrogen and oxygen atoms in total. The second-order valence-corrected chi connectivity index (χ2v) is 6.60. The molecule has 2 atom stereocenters. The molecule has 0 aromatic rings. The minimum atomic E-state index is 0.491. The second-order valence-electron chi connectivity index (χ2n) is 6.60. The Morgan fingerprint density at radius 3 is 2.12 bits per heavy atom. The minimum absolute atomic E-state index is 0.491. The van der Waals surface area contributed by atoms with Crippen LogP contribution >= 0.6 is 0 Å². The SMILES string of the molecule is C=C(/C=C(/CC)C(=C)C(=C)/C=C\C(=C)C(C)CCC(C)CC)OC. The third kappa shape index (κ3) is 8.19. The maximum atomic E-state index is 5.12. The van der Waals surface area contributed by atoms with Crippen molar-refractivity contribution in [1.29, 1.82) is 0 Å². The number of ether oxygens (including phenoxy) is 1. The van der Waals surface area contributed by atoms with Gasteiger partial charge >= 0.3 is 0 Å². The first-order chi connectivity index (χ1) is 11.3. The van der Waals surface area contributed by atoms with Crippen molar-refractivity contribution in [1.82, 2.24) is 0 Å². The van der Waals surface area contributed by atoms with Crippen LogP contribution in [0.4, 0.5) is 0 Å². The first-order valence-corrected chi connectivity index (χ1v) is 8.95. The third-order valence-electron chi connectivity index (χ3n) is 4.67. The van der Waals surface area contributed by atoms with E-state index < -0.39 is 0 Å². The fourth-order valence-electron chi connectivity index (χ4n) is 2.26. The molecule has 0 aromatic carbocycles. The van der Waals surface area contributed by atoms with Crippen molar-refractivity contribution in [3.63, 3.8) is 0 Å². The standard InChI is InChI=1S/C23H36O/c1-10-17(3)12-13-18(4)19(5)14-15-20(6)22(8)23(11-2)16-21(7)24-9/h14-18H,5-8,10-13H2,1-4,9H3/b15-14-,23-16-. The van der Waals surface area contributed by atoms with E-state index in [9.17, 15) is 0 Å². The molecule has 0 saturated heterocycles. The van der Waals surface area contributed by atoms with Crippen molar-refractivity contribution >= 4 is 0 Å². The molecular formula is C23H36O. The molecule has 0 spiro atoms. The van der Waals surface area contributed by atoms with Gasteiger partial charge in [0, 0.05) is 0 Å². The zero-order valence-corrected chi connectivity index (χ0v) is 16.5. The molecule has 0 aliphatic heterocycles. The summed E-state index contributed by atoms with van der Waals surface area (Å²) < 4.78 is 5.12. The van der Waals surface area contributed by atoms with Crippen molar-refractivity contribution in [2.75, 3.05) is 7.11 Å². The van der Waals surface area contributed by atoms with Crippen LogP contribution in [0.5, 0.6) is 0 Å². The van der Waals surface area contributed by atoms with Gasteiger partial charge in [-0.05, 0) is 47.5 Å². The molecule has 2 unspecified atom stereocenters. The number of allylic oxidation sites excluding steroid dienone is 7. The molecule has 0 N–H and O–H groups in total. The van der Waals surface area contributed by atoms with E-state index in [1.54, 1.807) is 7.11 Å². The summed E-state index contributed by atoms with van der Waals surface area (Å²) in [5.41, 5.74) is 4.07. The molecule has 0 aromatic heterocycles. The maximum Gasteiger partial charge on any atom is 0.111 e. The highest BCUT2D eigenvalue weighted by molar-refractivity contribution is 5.50. The lowest BCUT2D eigenvalue weighted by Crippen LogP contribution is -2.01. The topological polar surface area (TPSA) is 9.23 Å². The van der Waals surface area contributed by atoms with E-state index in [1.807, 2.05) is 12.2 Å². The molecule has 0 amide bonds. The zero-order chi connectivity index (χ0) is 18.7. The predicted octanol–water partition coefficient (Wildman–Crippen LogP) is 7.17. The van der Waals surface area contributed by atoms with Gasteiger partial charge in [0.15, 0.2) is 0 Å². The Balaban J connectivity index is 4.75. The van der Waals surface area contributed by atoms with Gasteiger partial charge in [-0.2, -0.15) is 0 Å². The molecule has 1 heteroatoms. The van der Waals surface area contributed by atoms with Crippen LogP contribution in [0.1, 0.15) is 53.4 Å². The lowest BCUT2D eigenvalue weighted by molar-refractivity contribution is 0.308. The van der Waals surface area contributed by atoms with Gasteiger partial charge in [-0.25, -0.2) is 0 Å². The van der Waals surface area contributed by atoms with E-state index in [4.69, 9.17) is 4.74 Å². The first kappa shape index (κ1) is 22.2. The maximum absolute atomic E-state index is 5.12. The molecular weight excluding hydrogens is 292 g/mol. The number of hydrogen-bond donors (Lipinski definition) is 0. The van der Waals surface area contributed by atoms with Crippen molar-refractivity contribution < 1.29 is 4.74 Å². The Morgan fingerprint density at radius 1 is 1.00 bits per heavy atom. The van der Waals surface area contributed by atoms with Crippen molar-refractivity contribution in [2.24, 2.45) is 11.8 Å². The van der Waals surface area contributed by atoms with Gasteiger partial charge in [-0.1, -0.05) is 84.6 Å². The van der Waals surface area contributed by atoms with Crippen molar-refractivity contribution in [3.8, 4) is 0 Å². The summed E-state index contributed by atoms with van der Waals surface area (Å²) in [7, 11) is 1.62. The van der Waals surface area contributed by atoms with Gasteiger partial charge in [0.2, 0.25) is 0 Å². The zero-order valence-electron chi connectivity index (χ0n) is 16.5. The molecule has 0 fully saturated rings. The fraction of sp³-hybridized carbons (Fsp3) is 0.478. The average molecular weight is 329 g/mol. The summed E-state index contributed by atoms with van der Waals surface area (Å²) >= 11 is 0. The van der Waals surface area contributed by atoms with Crippen LogP contribution in [0.2, 0.25) is 0 Å². The van der Waals surface area contributed by atoms with E-state index in [0.717, 1.165) is 34.6 Å². The van der Waals surface area contributed by atoms with Crippen LogP contribution in [-0.4, -0.2) is 7.11 Å². The summed E-state index contributed by atoms with van der Waals surface area (Å²) in [5.74, 6) is 1.91. The molecule has 0 aliphatic rings. The van der Waals surface area contributed by atoms with Crippen LogP contribution in [0.3, 0.4) is 0 Å². The van der Waals surface area contributed by atoms with Gasteiger partial charge in [0.25, 0.3) is 0 Å². The van der Waals surface area contributed by atoms with Crippen LogP contribution < -0.4 is 0 Å². The Hall–Kier alpha value is -1.76. The summed E-state index contributed by atoms with van der Waals surface area (Å²) in [6.45, 7) is 25.2. The van der Waals surface area contributed by atoms with E-state index >= 15 is 0 Å². The molecule has 0 radical (unpaired) electrons. The average Bonchev–Trinajstić information content (AvgIpc) is 2.60. The first-order valence-electron chi connectivity index (χ1n) is 8.95. The molecule has 0 heterocycles. The molecule has 0 aliphatic carbocycles. The van der Waals surface area contributed by atoms with Crippen LogP contribution in [-0.2, 0) is 4.74 Å². The minimum Gasteiger partial charge on any atom is -0.497 e. The summed E-state index contributed by atoms with van der Waals surface area (Å²) in [6.07, 6.45) is 10.5. The quantitative estimate of drug-likeness (QED) is 0.272. The Labute approximate surface area is 150 Å². The Bertz CT molecular complexity index is 516. The molecule has 24 heavy (non-hydrogen) atoms. The van der Waals surface area contributed by atoms with E-state index in [0.29, 0.717) is 11.7 Å². The van der Waals surface area contributed by atoms with Crippen LogP contribution in [0, 0.1) is 11.8 Å². The second kappa shape index (κ2) is 11.7. The number of methoxy groups -OCH3 is 1. The smallest absolute Gasteiger partial charge is 0.111 e. The number of rotatable bonds is 12. The van der Waals surface area contributed by atoms with Gasteiger partial charge in [-0.3, -0.25) is 0 Å². The van der Waals surface area contributed by atoms with Gasteiger partial charge in [-0.15, -0.1) is 0 Å².